The lowest BCUT2D eigenvalue weighted by Gasteiger charge is -2.07. The largest absolute Gasteiger partial charge is 0.444 e. The SMILES string of the molecule is [C-]#[N+]Cc1nc2ccccc2n1C(=O)OCc1ccccc1. The van der Waals surface area contributed by atoms with Gasteiger partial charge in [-0.3, -0.25) is 0 Å². The summed E-state index contributed by atoms with van der Waals surface area (Å²) in [5.74, 6) is 0.397. The van der Waals surface area contributed by atoms with Crippen molar-refractivity contribution in [1.29, 1.82) is 0 Å². The highest BCUT2D eigenvalue weighted by atomic mass is 16.5. The molecule has 5 nitrogen and oxygen atoms in total. The lowest BCUT2D eigenvalue weighted by atomic mass is 10.2. The monoisotopic (exact) mass is 291 g/mol. The molecule has 0 saturated heterocycles. The third-order valence-electron chi connectivity index (χ3n) is 3.24. The first-order valence-electron chi connectivity index (χ1n) is 6.80. The highest BCUT2D eigenvalue weighted by Crippen LogP contribution is 2.17. The topological polar surface area (TPSA) is 48.5 Å². The average Bonchev–Trinajstić information content (AvgIpc) is 2.92. The van der Waals surface area contributed by atoms with E-state index in [0.29, 0.717) is 16.9 Å². The Morgan fingerprint density at radius 3 is 2.64 bits per heavy atom. The molecule has 108 valence electrons. The number of carbonyl (C=O) groups excluding carboxylic acids is 1. The Morgan fingerprint density at radius 1 is 1.14 bits per heavy atom. The maximum Gasteiger partial charge on any atom is 0.420 e. The van der Waals surface area contributed by atoms with Crippen molar-refractivity contribution in [3.05, 3.63) is 77.4 Å². The fraction of sp³-hybridized carbons (Fsp3) is 0.118. The predicted molar refractivity (Wildman–Crippen MR) is 82.1 cm³/mol. The molecule has 1 heterocycles. The van der Waals surface area contributed by atoms with E-state index in [1.807, 2.05) is 48.5 Å². The van der Waals surface area contributed by atoms with E-state index in [1.165, 1.54) is 4.57 Å². The van der Waals surface area contributed by atoms with Gasteiger partial charge in [0.05, 0.1) is 11.0 Å². The van der Waals surface area contributed by atoms with Gasteiger partial charge in [-0.1, -0.05) is 42.5 Å². The number of rotatable bonds is 3. The van der Waals surface area contributed by atoms with Crippen molar-refractivity contribution in [2.24, 2.45) is 0 Å². The summed E-state index contributed by atoms with van der Waals surface area (Å²) in [7, 11) is 0. The molecule has 0 fully saturated rings. The number of ether oxygens (including phenoxy) is 1. The summed E-state index contributed by atoms with van der Waals surface area (Å²) in [5, 5.41) is 0. The van der Waals surface area contributed by atoms with Gasteiger partial charge in [-0.15, -0.1) is 0 Å². The quantitative estimate of drug-likeness (QED) is 0.692. The Morgan fingerprint density at radius 2 is 1.86 bits per heavy atom. The Labute approximate surface area is 127 Å². The molecule has 0 amide bonds. The number of carbonyl (C=O) groups is 1. The van der Waals surface area contributed by atoms with Gasteiger partial charge in [0, 0.05) is 0 Å². The van der Waals surface area contributed by atoms with Crippen LogP contribution in [0.15, 0.2) is 54.6 Å². The van der Waals surface area contributed by atoms with E-state index in [1.54, 1.807) is 6.07 Å². The highest BCUT2D eigenvalue weighted by molar-refractivity contribution is 5.87. The van der Waals surface area contributed by atoms with Gasteiger partial charge in [0.1, 0.15) is 6.61 Å². The van der Waals surface area contributed by atoms with Crippen molar-refractivity contribution < 1.29 is 9.53 Å². The van der Waals surface area contributed by atoms with E-state index in [4.69, 9.17) is 11.3 Å². The molecule has 0 unspecified atom stereocenters. The van der Waals surface area contributed by atoms with Crippen molar-refractivity contribution in [2.75, 3.05) is 0 Å². The van der Waals surface area contributed by atoms with Crippen LogP contribution in [0.25, 0.3) is 15.9 Å². The molecule has 0 aliphatic heterocycles. The fourth-order valence-electron chi connectivity index (χ4n) is 2.24. The molecule has 3 rings (SSSR count). The zero-order chi connectivity index (χ0) is 15.4. The second-order valence-corrected chi connectivity index (χ2v) is 4.71. The molecule has 3 aromatic rings. The minimum Gasteiger partial charge on any atom is -0.444 e. The van der Waals surface area contributed by atoms with Crippen molar-refractivity contribution in [2.45, 2.75) is 13.2 Å². The summed E-state index contributed by atoms with van der Waals surface area (Å²) < 4.78 is 6.72. The number of benzene rings is 2. The zero-order valence-corrected chi connectivity index (χ0v) is 11.8. The normalized spacial score (nSPS) is 10.3. The van der Waals surface area contributed by atoms with E-state index in [0.717, 1.165) is 5.56 Å². The number of aromatic nitrogens is 2. The van der Waals surface area contributed by atoms with Gasteiger partial charge in [-0.25, -0.2) is 20.9 Å². The van der Waals surface area contributed by atoms with Crippen molar-refractivity contribution >= 4 is 17.1 Å². The molecular weight excluding hydrogens is 278 g/mol. The maximum absolute atomic E-state index is 12.4. The molecule has 0 N–H and O–H groups in total. The van der Waals surface area contributed by atoms with Gasteiger partial charge in [0.25, 0.3) is 6.54 Å². The number of para-hydroxylation sites is 2. The number of fused-ring (bicyclic) bond motifs is 1. The predicted octanol–water partition coefficient (Wildman–Crippen LogP) is 3.64. The first-order chi connectivity index (χ1) is 10.8. The molecule has 0 saturated carbocycles. The Bertz CT molecular complexity index is 847. The summed E-state index contributed by atoms with van der Waals surface area (Å²) in [6.45, 7) is 7.23. The van der Waals surface area contributed by atoms with Gasteiger partial charge >= 0.3 is 6.09 Å². The minimum atomic E-state index is -0.517. The van der Waals surface area contributed by atoms with Crippen LogP contribution < -0.4 is 0 Å². The molecule has 5 heteroatoms. The highest BCUT2D eigenvalue weighted by Gasteiger charge is 2.19. The number of hydrogen-bond acceptors (Lipinski definition) is 3. The van der Waals surface area contributed by atoms with E-state index >= 15 is 0 Å². The molecule has 0 aliphatic carbocycles. The number of imidazole rings is 1. The molecule has 22 heavy (non-hydrogen) atoms. The molecule has 1 aromatic heterocycles. The summed E-state index contributed by atoms with van der Waals surface area (Å²) in [6, 6.07) is 16.7. The molecule has 2 aromatic carbocycles. The lowest BCUT2D eigenvalue weighted by molar-refractivity contribution is 0.141. The van der Waals surface area contributed by atoms with Gasteiger partial charge in [-0.2, -0.15) is 0 Å². The third-order valence-corrected chi connectivity index (χ3v) is 3.24. The van der Waals surface area contributed by atoms with Crippen LogP contribution in [0.5, 0.6) is 0 Å². The summed E-state index contributed by atoms with van der Waals surface area (Å²) in [6.07, 6.45) is -0.517. The van der Waals surface area contributed by atoms with Crippen molar-refractivity contribution in [1.82, 2.24) is 9.55 Å². The third kappa shape index (κ3) is 2.67. The Hall–Kier alpha value is -3.13. The van der Waals surface area contributed by atoms with E-state index in [9.17, 15) is 4.79 Å². The number of hydrogen-bond donors (Lipinski definition) is 0. The van der Waals surface area contributed by atoms with Crippen LogP contribution in [-0.2, 0) is 17.9 Å². The van der Waals surface area contributed by atoms with E-state index in [2.05, 4.69) is 9.83 Å². The van der Waals surface area contributed by atoms with Crippen LogP contribution in [0.1, 0.15) is 11.4 Å². The Kier molecular flexibility index (Phi) is 3.84. The Balaban J connectivity index is 1.89. The summed E-state index contributed by atoms with van der Waals surface area (Å²) in [5.41, 5.74) is 2.24. The lowest BCUT2D eigenvalue weighted by Crippen LogP contribution is -2.16. The molecule has 0 atom stereocenters. The van der Waals surface area contributed by atoms with Gasteiger partial charge in [0.2, 0.25) is 0 Å². The van der Waals surface area contributed by atoms with Crippen LogP contribution in [0.2, 0.25) is 0 Å². The van der Waals surface area contributed by atoms with Crippen LogP contribution >= 0.6 is 0 Å². The van der Waals surface area contributed by atoms with Crippen molar-refractivity contribution in [3.8, 4) is 0 Å². The molecule has 0 aliphatic rings. The van der Waals surface area contributed by atoms with Crippen LogP contribution in [-0.4, -0.2) is 15.6 Å². The van der Waals surface area contributed by atoms with Gasteiger partial charge in [-0.05, 0) is 17.7 Å². The standard InChI is InChI=1S/C17H13N3O2/c1-18-11-16-19-14-9-5-6-10-15(14)20(16)17(21)22-12-13-7-3-2-4-8-13/h2-10H,11-12H2. The second-order valence-electron chi connectivity index (χ2n) is 4.71. The van der Waals surface area contributed by atoms with Crippen LogP contribution in [0, 0.1) is 6.57 Å². The maximum atomic E-state index is 12.4. The summed E-state index contributed by atoms with van der Waals surface area (Å²) >= 11 is 0. The van der Waals surface area contributed by atoms with Crippen LogP contribution in [0.3, 0.4) is 0 Å². The first-order valence-corrected chi connectivity index (χ1v) is 6.80. The first kappa shape index (κ1) is 13.8. The minimum absolute atomic E-state index is 0.0368. The fourth-order valence-corrected chi connectivity index (χ4v) is 2.24. The van der Waals surface area contributed by atoms with E-state index < -0.39 is 6.09 Å². The van der Waals surface area contributed by atoms with Gasteiger partial charge < -0.3 is 9.58 Å². The smallest absolute Gasteiger partial charge is 0.420 e. The van der Waals surface area contributed by atoms with Crippen molar-refractivity contribution in [3.63, 3.8) is 0 Å². The number of nitrogens with zero attached hydrogens (tertiary/aromatic N) is 3. The zero-order valence-electron chi connectivity index (χ0n) is 11.8. The van der Waals surface area contributed by atoms with Crippen LogP contribution in [0.4, 0.5) is 4.79 Å². The average molecular weight is 291 g/mol. The molecule has 0 spiro atoms. The molecule has 0 bridgehead atoms. The molecular formula is C17H13N3O2. The second kappa shape index (κ2) is 6.10. The molecule has 0 radical (unpaired) electrons. The van der Waals surface area contributed by atoms with E-state index in [-0.39, 0.29) is 13.2 Å². The van der Waals surface area contributed by atoms with Gasteiger partial charge in [0.15, 0.2) is 5.82 Å². The summed E-state index contributed by atoms with van der Waals surface area (Å²) in [4.78, 5) is 20.0.